The number of carbonyl (C=O) groups excluding carboxylic acids is 2. The monoisotopic (exact) mass is 517 g/mol. The number of hydrogen-bond donors (Lipinski definition) is 0. The maximum absolute atomic E-state index is 13.7. The van der Waals surface area contributed by atoms with Gasteiger partial charge in [-0.05, 0) is 47.7 Å². The Morgan fingerprint density at radius 3 is 2.50 bits per heavy atom. The van der Waals surface area contributed by atoms with Gasteiger partial charge in [0.2, 0.25) is 0 Å². The van der Waals surface area contributed by atoms with Crippen LogP contribution in [0.2, 0.25) is 0 Å². The van der Waals surface area contributed by atoms with Gasteiger partial charge in [0.15, 0.2) is 23.5 Å². The third-order valence-electron chi connectivity index (χ3n) is 6.88. The van der Waals surface area contributed by atoms with E-state index in [9.17, 15) is 18.4 Å². The van der Waals surface area contributed by atoms with Gasteiger partial charge in [-0.3, -0.25) is 4.79 Å². The summed E-state index contributed by atoms with van der Waals surface area (Å²) in [5.41, 5.74) is 4.00. The number of esters is 1. The topological polar surface area (TPSA) is 57.5 Å². The molecule has 0 bridgehead atoms. The Balaban J connectivity index is 1.56. The zero-order valence-corrected chi connectivity index (χ0v) is 21.4. The summed E-state index contributed by atoms with van der Waals surface area (Å²) in [5.74, 6) is -1.71. The van der Waals surface area contributed by atoms with Crippen molar-refractivity contribution in [2.45, 2.75) is 51.7 Å². The first-order chi connectivity index (χ1) is 18.3. The van der Waals surface area contributed by atoms with E-state index in [1.165, 1.54) is 6.07 Å². The summed E-state index contributed by atoms with van der Waals surface area (Å²) in [5, 5.41) is 0.793. The highest BCUT2D eigenvalue weighted by molar-refractivity contribution is 6.10. The van der Waals surface area contributed by atoms with Gasteiger partial charge in [-0.2, -0.15) is 0 Å². The van der Waals surface area contributed by atoms with Crippen molar-refractivity contribution in [2.75, 3.05) is 6.61 Å². The number of ether oxygens (including phenoxy) is 2. The average molecular weight is 518 g/mol. The van der Waals surface area contributed by atoms with Crippen LogP contribution in [-0.2, 0) is 22.5 Å². The van der Waals surface area contributed by atoms with Crippen LogP contribution in [0, 0.1) is 11.6 Å². The minimum Gasteiger partial charge on any atom is -0.479 e. The van der Waals surface area contributed by atoms with E-state index in [0.29, 0.717) is 42.9 Å². The van der Waals surface area contributed by atoms with Gasteiger partial charge in [-0.15, -0.1) is 0 Å². The van der Waals surface area contributed by atoms with Gasteiger partial charge < -0.3 is 14.0 Å². The number of aryl methyl sites for hydroxylation is 1. The molecule has 0 spiro atoms. The molecule has 0 aliphatic carbocycles. The number of nitrogens with zero attached hydrogens (tertiary/aromatic N) is 1. The van der Waals surface area contributed by atoms with E-state index in [0.717, 1.165) is 34.3 Å². The van der Waals surface area contributed by atoms with Crippen LogP contribution in [0.1, 0.15) is 59.8 Å². The highest BCUT2D eigenvalue weighted by Gasteiger charge is 2.29. The molecule has 1 aliphatic rings. The molecule has 1 unspecified atom stereocenters. The predicted molar refractivity (Wildman–Crippen MR) is 141 cm³/mol. The second-order valence-corrected chi connectivity index (χ2v) is 9.90. The lowest BCUT2D eigenvalue weighted by Gasteiger charge is -2.16. The molecular formula is C31H29F2NO4. The molecule has 1 atom stereocenters. The zero-order chi connectivity index (χ0) is 26.8. The molecule has 4 aromatic rings. The molecule has 3 aromatic carbocycles. The maximum atomic E-state index is 13.7. The van der Waals surface area contributed by atoms with Crippen molar-refractivity contribution in [3.05, 3.63) is 101 Å². The van der Waals surface area contributed by atoms with Crippen LogP contribution >= 0.6 is 0 Å². The lowest BCUT2D eigenvalue weighted by atomic mass is 9.96. The van der Waals surface area contributed by atoms with Gasteiger partial charge in [-0.25, -0.2) is 13.6 Å². The third-order valence-corrected chi connectivity index (χ3v) is 6.88. The van der Waals surface area contributed by atoms with E-state index in [-0.39, 0.29) is 24.1 Å². The molecule has 5 nitrogen and oxygen atoms in total. The standard InChI is InChI=1S/C31H29F2NO4/c1-19(2)30-29(27(35)13-9-20-8-12-24(32)25(33)16-20)23-11-10-22(38-28-14-15-37-31(28)36)17-26(23)34(30)18-21-6-4-3-5-7-21/h3-8,10-12,16-17,19,28H,9,13-15,18H2,1-2H3. The highest BCUT2D eigenvalue weighted by atomic mass is 19.2. The smallest absolute Gasteiger partial charge is 0.347 e. The Hall–Kier alpha value is -4.00. The number of rotatable bonds is 9. The Labute approximate surface area is 220 Å². The molecule has 38 heavy (non-hydrogen) atoms. The lowest BCUT2D eigenvalue weighted by Crippen LogP contribution is -2.21. The van der Waals surface area contributed by atoms with Crippen LogP contribution in [0.3, 0.4) is 0 Å². The molecule has 2 heterocycles. The molecule has 1 fully saturated rings. The van der Waals surface area contributed by atoms with E-state index in [1.807, 2.05) is 56.3 Å². The largest absolute Gasteiger partial charge is 0.479 e. The molecular weight excluding hydrogens is 488 g/mol. The average Bonchev–Trinajstić information content (AvgIpc) is 3.45. The Morgan fingerprint density at radius 1 is 1.03 bits per heavy atom. The summed E-state index contributed by atoms with van der Waals surface area (Å²) in [7, 11) is 0. The van der Waals surface area contributed by atoms with Crippen LogP contribution in [-0.4, -0.2) is 29.0 Å². The summed E-state index contributed by atoms with van der Waals surface area (Å²) in [6.45, 7) is 4.99. The minimum atomic E-state index is -0.920. The molecule has 5 rings (SSSR count). The molecule has 1 aliphatic heterocycles. The van der Waals surface area contributed by atoms with Crippen LogP contribution in [0.15, 0.2) is 66.7 Å². The quantitative estimate of drug-likeness (QED) is 0.185. The van der Waals surface area contributed by atoms with Crippen molar-refractivity contribution in [1.29, 1.82) is 0 Å². The van der Waals surface area contributed by atoms with E-state index >= 15 is 0 Å². The fraction of sp³-hybridized carbons (Fsp3) is 0.290. The first-order valence-electron chi connectivity index (χ1n) is 12.8. The fourth-order valence-corrected chi connectivity index (χ4v) is 5.08. The number of aromatic nitrogens is 1. The van der Waals surface area contributed by atoms with Gasteiger partial charge in [0, 0.05) is 42.1 Å². The van der Waals surface area contributed by atoms with Gasteiger partial charge in [0.1, 0.15) is 5.75 Å². The van der Waals surface area contributed by atoms with Crippen LogP contribution in [0.4, 0.5) is 8.78 Å². The molecule has 196 valence electrons. The van der Waals surface area contributed by atoms with E-state index < -0.39 is 17.7 Å². The summed E-state index contributed by atoms with van der Waals surface area (Å²) < 4.78 is 40.2. The van der Waals surface area contributed by atoms with Crippen molar-refractivity contribution in [2.24, 2.45) is 0 Å². The van der Waals surface area contributed by atoms with E-state index in [2.05, 4.69) is 4.57 Å². The van der Waals surface area contributed by atoms with Gasteiger partial charge in [0.25, 0.3) is 0 Å². The number of halogens is 2. The van der Waals surface area contributed by atoms with Crippen LogP contribution in [0.5, 0.6) is 5.75 Å². The van der Waals surface area contributed by atoms with E-state index in [4.69, 9.17) is 9.47 Å². The second kappa shape index (κ2) is 10.8. The summed E-state index contributed by atoms with van der Waals surface area (Å²) >= 11 is 0. The molecule has 1 aromatic heterocycles. The van der Waals surface area contributed by atoms with Crippen LogP contribution in [0.25, 0.3) is 10.9 Å². The van der Waals surface area contributed by atoms with Gasteiger partial charge >= 0.3 is 5.97 Å². The highest BCUT2D eigenvalue weighted by Crippen LogP contribution is 2.36. The number of Topliss-reactive ketones (excluding diaryl/α,β-unsaturated/α-hetero) is 1. The number of hydrogen-bond acceptors (Lipinski definition) is 4. The molecule has 0 saturated carbocycles. The second-order valence-electron chi connectivity index (χ2n) is 9.90. The van der Waals surface area contributed by atoms with Gasteiger partial charge in [-0.1, -0.05) is 50.2 Å². The predicted octanol–water partition coefficient (Wildman–Crippen LogP) is 6.60. The van der Waals surface area contributed by atoms with Crippen molar-refractivity contribution in [3.63, 3.8) is 0 Å². The first-order valence-corrected chi connectivity index (χ1v) is 12.8. The summed E-state index contributed by atoms with van der Waals surface area (Å²) in [6.07, 6.45) is 0.296. The zero-order valence-electron chi connectivity index (χ0n) is 21.4. The molecule has 0 N–H and O–H groups in total. The first kappa shape index (κ1) is 25.6. The lowest BCUT2D eigenvalue weighted by molar-refractivity contribution is -0.143. The summed E-state index contributed by atoms with van der Waals surface area (Å²) in [6, 6.07) is 19.2. The molecule has 1 saturated heterocycles. The number of cyclic esters (lactones) is 1. The number of carbonyl (C=O) groups is 2. The number of fused-ring (bicyclic) bond motifs is 1. The molecule has 0 radical (unpaired) electrons. The normalized spacial score (nSPS) is 15.3. The number of benzene rings is 3. The molecule has 7 heteroatoms. The fourth-order valence-electron chi connectivity index (χ4n) is 5.08. The Bertz CT molecular complexity index is 1490. The van der Waals surface area contributed by atoms with Crippen molar-refractivity contribution in [1.82, 2.24) is 4.57 Å². The number of ketones is 1. The maximum Gasteiger partial charge on any atom is 0.347 e. The molecule has 0 amide bonds. The van der Waals surface area contributed by atoms with E-state index in [1.54, 1.807) is 6.07 Å². The van der Waals surface area contributed by atoms with Crippen molar-refractivity contribution >= 4 is 22.7 Å². The minimum absolute atomic E-state index is 0.0301. The third kappa shape index (κ3) is 5.19. The van der Waals surface area contributed by atoms with Crippen molar-refractivity contribution in [3.8, 4) is 5.75 Å². The summed E-state index contributed by atoms with van der Waals surface area (Å²) in [4.78, 5) is 25.7. The van der Waals surface area contributed by atoms with Crippen LogP contribution < -0.4 is 4.74 Å². The van der Waals surface area contributed by atoms with Gasteiger partial charge in [0.05, 0.1) is 12.1 Å². The Kier molecular flexibility index (Phi) is 7.27. The SMILES string of the molecule is CC(C)c1c(C(=O)CCc2ccc(F)c(F)c2)c2ccc(OC3CCOC3=O)cc2n1Cc1ccccc1. The van der Waals surface area contributed by atoms with Crippen molar-refractivity contribution < 1.29 is 27.8 Å². The Morgan fingerprint density at radius 2 is 1.82 bits per heavy atom.